The molecule has 0 saturated heterocycles. The summed E-state index contributed by atoms with van der Waals surface area (Å²) in [7, 11) is 0. The van der Waals surface area contributed by atoms with Gasteiger partial charge in [0.2, 0.25) is 0 Å². The van der Waals surface area contributed by atoms with Gasteiger partial charge in [0.1, 0.15) is 0 Å². The summed E-state index contributed by atoms with van der Waals surface area (Å²) >= 11 is 0. The topological polar surface area (TPSA) is 9.86 Å². The maximum atomic E-state index is 2.50. The lowest BCUT2D eigenvalue weighted by molar-refractivity contribution is 0.665. The highest BCUT2D eigenvalue weighted by Gasteiger charge is 2.21. The molecule has 0 fully saturated rings. The van der Waals surface area contributed by atoms with E-state index in [0.717, 1.165) is 13.1 Å². The van der Waals surface area contributed by atoms with E-state index in [1.807, 2.05) is 0 Å². The molecule has 19 aromatic rings. The molecule has 0 aliphatic heterocycles. The number of hydrogen-bond acceptors (Lipinski definition) is 0. The molecule has 0 unspecified atom stereocenters. The summed E-state index contributed by atoms with van der Waals surface area (Å²) in [6.45, 7) is 6.63. The van der Waals surface area contributed by atoms with Gasteiger partial charge in [-0.15, -0.1) is 0 Å². The third kappa shape index (κ3) is 11.6. The maximum absolute atomic E-state index is 2.50. The van der Waals surface area contributed by atoms with Gasteiger partial charge in [0, 0.05) is 56.7 Å². The summed E-state index contributed by atoms with van der Waals surface area (Å²) in [5, 5.41) is 15.5. The van der Waals surface area contributed by atoms with E-state index >= 15 is 0 Å². The van der Waals surface area contributed by atoms with E-state index in [0.29, 0.717) is 0 Å². The average Bonchev–Trinajstić information content (AvgIpc) is 1.21. The van der Waals surface area contributed by atoms with Crippen molar-refractivity contribution in [2.75, 3.05) is 0 Å². The largest absolute Gasteiger partial charge is 0.340 e. The second kappa shape index (κ2) is 27.7. The van der Waals surface area contributed by atoms with Crippen LogP contribution in [-0.4, -0.2) is 9.13 Å². The highest BCUT2D eigenvalue weighted by Crippen LogP contribution is 2.47. The second-order valence-electron chi connectivity index (χ2n) is 27.8. The van der Waals surface area contributed by atoms with Crippen LogP contribution in [0.3, 0.4) is 0 Å². The summed E-state index contributed by atoms with van der Waals surface area (Å²) in [4.78, 5) is 0. The quantitative estimate of drug-likeness (QED) is 0.0906. The van der Waals surface area contributed by atoms with E-state index in [2.05, 4.69) is 387 Å². The van der Waals surface area contributed by atoms with Gasteiger partial charge in [0.15, 0.2) is 0 Å². The van der Waals surface area contributed by atoms with Crippen molar-refractivity contribution in [3.05, 3.63) is 364 Å². The fourth-order valence-electron chi connectivity index (χ4n) is 16.5. The molecular weight excluding hydrogens is 1250 g/mol. The minimum absolute atomic E-state index is 1.05. The molecule has 0 bridgehead atoms. The van der Waals surface area contributed by atoms with E-state index in [1.165, 1.54) is 213 Å². The number of rotatable bonds is 15. The molecule has 0 spiro atoms. The molecule has 0 aliphatic rings. The van der Waals surface area contributed by atoms with Crippen molar-refractivity contribution in [1.29, 1.82) is 0 Å². The SMILES string of the molecule is CCCCn1c2ccccc2c2cc(-c3ccc(-c4ccc(-c5c6ccccc6c(-c6ccc(-c7ccccc7)cc6)c6ccccc56)cc4)cc3)ccc21.CCCCn1c2ccccc2c2cc(-c3ccc(-c4ccc(-c5c6ccccc6c(-c6ccccc6)c6ccccc56)cc4)cc3)ccc21. The van der Waals surface area contributed by atoms with E-state index < -0.39 is 0 Å². The number of unbranched alkanes of at least 4 members (excludes halogenated alkanes) is 2. The summed E-state index contributed by atoms with van der Waals surface area (Å²) in [5.41, 5.74) is 27.7. The number of nitrogens with zero attached hydrogens (tertiary/aromatic N) is 2. The monoisotopic (exact) mass is 1330 g/mol. The smallest absolute Gasteiger partial charge is 0.0491 e. The molecule has 2 nitrogen and oxygen atoms in total. The number of aromatic nitrogens is 2. The molecule has 0 amide bonds. The Morgan fingerprint density at radius 3 is 0.635 bits per heavy atom. The Labute approximate surface area is 608 Å². The summed E-state index contributed by atoms with van der Waals surface area (Å²) in [6.07, 6.45) is 4.75. The van der Waals surface area contributed by atoms with Gasteiger partial charge in [-0.25, -0.2) is 0 Å². The van der Waals surface area contributed by atoms with Crippen LogP contribution in [0.2, 0.25) is 0 Å². The van der Waals surface area contributed by atoms with E-state index in [1.54, 1.807) is 0 Å². The number of benzene rings is 17. The van der Waals surface area contributed by atoms with E-state index in [-0.39, 0.29) is 0 Å². The molecule has 2 heterocycles. The van der Waals surface area contributed by atoms with Crippen LogP contribution in [-0.2, 0) is 13.1 Å². The number of hydrogen-bond donors (Lipinski definition) is 0. The molecule has 104 heavy (non-hydrogen) atoms. The van der Waals surface area contributed by atoms with Gasteiger partial charge in [0.25, 0.3) is 0 Å². The Hall–Kier alpha value is -12.6. The Kier molecular flexibility index (Phi) is 16.9. The first-order valence-electron chi connectivity index (χ1n) is 37.1. The normalized spacial score (nSPS) is 11.6. The zero-order chi connectivity index (χ0) is 69.5. The van der Waals surface area contributed by atoms with E-state index in [4.69, 9.17) is 0 Å². The van der Waals surface area contributed by atoms with Crippen molar-refractivity contribution in [2.24, 2.45) is 0 Å². The van der Waals surface area contributed by atoms with Crippen LogP contribution in [0.1, 0.15) is 39.5 Å². The highest BCUT2D eigenvalue weighted by molar-refractivity contribution is 6.23. The van der Waals surface area contributed by atoms with Crippen molar-refractivity contribution in [3.63, 3.8) is 0 Å². The lowest BCUT2D eigenvalue weighted by atomic mass is 9.85. The Bertz CT molecular complexity index is 6240. The van der Waals surface area contributed by atoms with Gasteiger partial charge in [-0.1, -0.05) is 354 Å². The lowest BCUT2D eigenvalue weighted by Gasteiger charge is -2.18. The van der Waals surface area contributed by atoms with Gasteiger partial charge in [-0.05, 0) is 192 Å². The summed E-state index contributed by atoms with van der Waals surface area (Å²) < 4.78 is 4.99. The van der Waals surface area contributed by atoms with Gasteiger partial charge in [0.05, 0.1) is 0 Å². The van der Waals surface area contributed by atoms with Crippen LogP contribution in [0.15, 0.2) is 364 Å². The standard InChI is InChI=1S/C54H41N.C48H37N/c1-2-3-35-55-51-20-12-11-15-45(51)50-36-44(33-34-52(50)55)41-23-21-39(22-24-41)40-27-31-43(32-28-40)54-48-18-9-7-16-46(48)53(47-17-8-10-19-49(47)54)42-29-25-38(26-30-42)37-13-5-4-6-14-37;1-2-3-31-49-45-20-12-11-15-39(45)44-32-38(29-30-46(44)49)35-23-21-33(22-24-35)34-25-27-37(28-26-34)48-42-18-9-7-16-40(42)47(36-13-5-4-6-14-36)41-17-8-10-19-43(41)48/h4-34,36H,2-3,35H2,1H3;4-30,32H,2-3,31H2,1H3. The lowest BCUT2D eigenvalue weighted by Crippen LogP contribution is -1.96. The third-order valence-electron chi connectivity index (χ3n) is 21.7. The summed E-state index contributed by atoms with van der Waals surface area (Å²) in [6, 6.07) is 134. The Morgan fingerprint density at radius 1 is 0.163 bits per heavy atom. The second-order valence-corrected chi connectivity index (χ2v) is 27.8. The van der Waals surface area contributed by atoms with Gasteiger partial charge in [-0.2, -0.15) is 0 Å². The van der Waals surface area contributed by atoms with Crippen LogP contribution in [0.4, 0.5) is 0 Å². The average molecular weight is 1330 g/mol. The summed E-state index contributed by atoms with van der Waals surface area (Å²) in [5.74, 6) is 0. The maximum Gasteiger partial charge on any atom is 0.0491 e. The van der Waals surface area contributed by atoms with Crippen molar-refractivity contribution < 1.29 is 0 Å². The molecule has 0 aliphatic carbocycles. The molecule has 496 valence electrons. The van der Waals surface area contributed by atoms with Crippen LogP contribution < -0.4 is 0 Å². The van der Waals surface area contributed by atoms with Crippen LogP contribution in [0, 0.1) is 0 Å². The molecule has 0 saturated carbocycles. The molecule has 17 aromatic carbocycles. The Morgan fingerprint density at radius 2 is 0.356 bits per heavy atom. The molecule has 19 rings (SSSR count). The first kappa shape index (κ1) is 63.5. The van der Waals surface area contributed by atoms with Gasteiger partial charge >= 0.3 is 0 Å². The minimum atomic E-state index is 1.05. The fourth-order valence-corrected chi connectivity index (χ4v) is 16.5. The number of fused-ring (bicyclic) bond motifs is 10. The highest BCUT2D eigenvalue weighted by atomic mass is 15.0. The van der Waals surface area contributed by atoms with E-state index in [9.17, 15) is 0 Å². The number of aryl methyl sites for hydroxylation is 2. The number of para-hydroxylation sites is 2. The molecule has 0 atom stereocenters. The van der Waals surface area contributed by atoms with Crippen molar-refractivity contribution in [1.82, 2.24) is 9.13 Å². The predicted octanol–water partition coefficient (Wildman–Crippen LogP) is 28.8. The third-order valence-corrected chi connectivity index (χ3v) is 21.7. The van der Waals surface area contributed by atoms with Crippen LogP contribution in [0.25, 0.3) is 187 Å². The van der Waals surface area contributed by atoms with Gasteiger partial charge in [-0.3, -0.25) is 0 Å². The fraction of sp³-hybridized carbons (Fsp3) is 0.0784. The molecule has 2 heteroatoms. The molecular formula is C102H78N2. The van der Waals surface area contributed by atoms with Crippen LogP contribution >= 0.6 is 0 Å². The van der Waals surface area contributed by atoms with Crippen molar-refractivity contribution >= 4 is 86.7 Å². The predicted molar refractivity (Wildman–Crippen MR) is 448 cm³/mol. The molecule has 0 N–H and O–H groups in total. The minimum Gasteiger partial charge on any atom is -0.340 e. The van der Waals surface area contributed by atoms with Gasteiger partial charge < -0.3 is 9.13 Å². The first-order valence-corrected chi connectivity index (χ1v) is 37.1. The Balaban J connectivity index is 0.000000149. The zero-order valence-electron chi connectivity index (χ0n) is 58.8. The van der Waals surface area contributed by atoms with Crippen molar-refractivity contribution in [3.8, 4) is 100 Å². The first-order chi connectivity index (χ1) is 51.5. The van der Waals surface area contributed by atoms with Crippen LogP contribution in [0.5, 0.6) is 0 Å². The molecule has 0 radical (unpaired) electrons. The zero-order valence-corrected chi connectivity index (χ0v) is 58.8. The van der Waals surface area contributed by atoms with Crippen molar-refractivity contribution in [2.45, 2.75) is 52.6 Å². The molecule has 2 aromatic heterocycles.